The van der Waals surface area contributed by atoms with Gasteiger partial charge in [0.05, 0.1) is 7.11 Å². The zero-order valence-electron chi connectivity index (χ0n) is 16.3. The van der Waals surface area contributed by atoms with Gasteiger partial charge in [0.2, 0.25) is 0 Å². The fourth-order valence-electron chi connectivity index (χ4n) is 5.75. The maximum absolute atomic E-state index is 2.69. The Kier molecular flexibility index (Phi) is 5.78. The van der Waals surface area contributed by atoms with Crippen molar-refractivity contribution < 1.29 is 0 Å². The van der Waals surface area contributed by atoms with Crippen molar-refractivity contribution in [3.63, 3.8) is 0 Å². The minimum Gasteiger partial charge on any atom is -0.0777 e. The van der Waals surface area contributed by atoms with Crippen molar-refractivity contribution in [3.8, 4) is 0 Å². The van der Waals surface area contributed by atoms with E-state index in [9.17, 15) is 0 Å². The van der Waals surface area contributed by atoms with Crippen molar-refractivity contribution in [2.75, 3.05) is 0 Å². The third kappa shape index (κ3) is 2.63. The SMILES string of the molecule is CCC1=C(CC)[Si]([Si](C)(C)C)([Si](C)(C)C)C(CC)=C1CC. The summed E-state index contributed by atoms with van der Waals surface area (Å²) in [5.41, 5.74) is 3.63. The highest BCUT2D eigenvalue weighted by molar-refractivity contribution is 7.73. The molecule has 1 aliphatic heterocycles. The summed E-state index contributed by atoms with van der Waals surface area (Å²) in [4.78, 5) is 0. The summed E-state index contributed by atoms with van der Waals surface area (Å²) in [6.07, 6.45) is 5.16. The zero-order valence-corrected chi connectivity index (χ0v) is 19.3. The Hall–Kier alpha value is 0.131. The van der Waals surface area contributed by atoms with Crippen LogP contribution in [0.25, 0.3) is 0 Å². The fourth-order valence-corrected chi connectivity index (χ4v) is 56.4. The first kappa shape index (κ1) is 19.2. The van der Waals surface area contributed by atoms with Crippen LogP contribution < -0.4 is 0 Å². The molecule has 21 heavy (non-hydrogen) atoms. The van der Waals surface area contributed by atoms with Gasteiger partial charge in [-0.1, -0.05) is 88.5 Å². The number of hydrogen-bond acceptors (Lipinski definition) is 0. The molecule has 0 radical (unpaired) electrons. The van der Waals surface area contributed by atoms with Gasteiger partial charge in [-0.05, 0) is 25.7 Å². The predicted molar refractivity (Wildman–Crippen MR) is 108 cm³/mol. The molecule has 0 fully saturated rings. The van der Waals surface area contributed by atoms with Crippen LogP contribution in [0.5, 0.6) is 0 Å². The molecular formula is C18H38Si3. The Labute approximate surface area is 136 Å². The van der Waals surface area contributed by atoms with Crippen LogP contribution in [0.15, 0.2) is 21.5 Å². The second kappa shape index (κ2) is 6.32. The molecule has 0 aromatic rings. The number of hydrogen-bond donors (Lipinski definition) is 0. The molecule has 3 heteroatoms. The Morgan fingerprint density at radius 3 is 1.00 bits per heavy atom. The van der Waals surface area contributed by atoms with Gasteiger partial charge < -0.3 is 0 Å². The van der Waals surface area contributed by atoms with E-state index in [1.807, 2.05) is 21.5 Å². The minimum atomic E-state index is -1.43. The molecule has 0 bridgehead atoms. The lowest BCUT2D eigenvalue weighted by Crippen LogP contribution is -2.73. The van der Waals surface area contributed by atoms with Gasteiger partial charge in [-0.3, -0.25) is 0 Å². The molecule has 0 aliphatic carbocycles. The van der Waals surface area contributed by atoms with E-state index in [4.69, 9.17) is 0 Å². The van der Waals surface area contributed by atoms with Gasteiger partial charge in [-0.15, -0.1) is 0 Å². The third-order valence-electron chi connectivity index (χ3n) is 5.66. The van der Waals surface area contributed by atoms with Crippen LogP contribution in [0, 0.1) is 0 Å². The first-order valence-electron chi connectivity index (χ1n) is 8.99. The average Bonchev–Trinajstić information content (AvgIpc) is 2.66. The van der Waals surface area contributed by atoms with E-state index in [0.717, 1.165) is 0 Å². The van der Waals surface area contributed by atoms with Crippen LogP contribution in [0.2, 0.25) is 39.3 Å². The maximum atomic E-state index is 2.69. The van der Waals surface area contributed by atoms with Crippen LogP contribution in [0.1, 0.15) is 53.4 Å². The minimum absolute atomic E-state index is 1.21. The highest BCUT2D eigenvalue weighted by Crippen LogP contribution is 2.52. The molecule has 0 unspecified atom stereocenters. The van der Waals surface area contributed by atoms with Crippen molar-refractivity contribution in [1.82, 2.24) is 0 Å². The largest absolute Gasteiger partial charge is 0.0942 e. The second-order valence-electron chi connectivity index (χ2n) is 8.58. The molecule has 1 aliphatic rings. The van der Waals surface area contributed by atoms with Crippen molar-refractivity contribution in [2.24, 2.45) is 0 Å². The lowest BCUT2D eigenvalue weighted by atomic mass is 9.99. The van der Waals surface area contributed by atoms with Gasteiger partial charge in [-0.2, -0.15) is 0 Å². The summed E-state index contributed by atoms with van der Waals surface area (Å²) in [7, 11) is -3.84. The van der Waals surface area contributed by atoms with Gasteiger partial charge in [0.25, 0.3) is 0 Å². The van der Waals surface area contributed by atoms with Crippen LogP contribution in [-0.2, 0) is 0 Å². The van der Waals surface area contributed by atoms with E-state index in [1.165, 1.54) is 25.7 Å². The van der Waals surface area contributed by atoms with Crippen LogP contribution >= 0.6 is 0 Å². The smallest absolute Gasteiger partial charge is 0.0777 e. The Balaban J connectivity index is 3.91. The van der Waals surface area contributed by atoms with E-state index in [2.05, 4.69) is 67.0 Å². The lowest BCUT2D eigenvalue weighted by Gasteiger charge is -2.52. The van der Waals surface area contributed by atoms with Crippen molar-refractivity contribution >= 4 is 22.3 Å². The first-order chi connectivity index (χ1) is 9.54. The summed E-state index contributed by atoms with van der Waals surface area (Å²) in [5, 5.41) is 3.99. The molecule has 1 heterocycles. The molecule has 0 saturated heterocycles. The average molecular weight is 339 g/mol. The van der Waals surface area contributed by atoms with Crippen LogP contribution in [0.3, 0.4) is 0 Å². The highest BCUT2D eigenvalue weighted by atomic mass is 29.6. The molecule has 1 rings (SSSR count). The monoisotopic (exact) mass is 338 g/mol. The van der Waals surface area contributed by atoms with Gasteiger partial charge in [-0.25, -0.2) is 0 Å². The molecule has 0 atom stereocenters. The number of allylic oxidation sites excluding steroid dienone is 4. The number of rotatable bonds is 6. The Morgan fingerprint density at radius 2 is 0.857 bits per heavy atom. The van der Waals surface area contributed by atoms with Gasteiger partial charge in [0.15, 0.2) is 0 Å². The molecule has 0 aromatic heterocycles. The van der Waals surface area contributed by atoms with Gasteiger partial charge in [0, 0.05) is 15.2 Å². The molecular weight excluding hydrogens is 300 g/mol. The molecule has 0 N–H and O–H groups in total. The zero-order chi connectivity index (χ0) is 16.6. The standard InChI is InChI=1S/C18H38Si3/c1-11-15-16(12-2)18(14-4)21(17(15)13-3,19(5,6)7)20(8,9)10/h11-14H2,1-10H3. The van der Waals surface area contributed by atoms with E-state index in [-0.39, 0.29) is 0 Å². The Bertz CT molecular complexity index is 412. The summed E-state index contributed by atoms with van der Waals surface area (Å²) >= 11 is 0. The topological polar surface area (TPSA) is 0 Å². The molecule has 0 spiro atoms. The fraction of sp³-hybridized carbons (Fsp3) is 0.778. The quantitative estimate of drug-likeness (QED) is 0.479. The van der Waals surface area contributed by atoms with Gasteiger partial charge in [0.1, 0.15) is 0 Å². The molecule has 0 saturated carbocycles. The summed E-state index contributed by atoms with van der Waals surface area (Å²) in [5.74, 6) is 0. The van der Waals surface area contributed by atoms with Crippen molar-refractivity contribution in [3.05, 3.63) is 21.5 Å². The van der Waals surface area contributed by atoms with Crippen molar-refractivity contribution in [1.29, 1.82) is 0 Å². The Morgan fingerprint density at radius 1 is 0.571 bits per heavy atom. The van der Waals surface area contributed by atoms with E-state index in [0.29, 0.717) is 0 Å². The first-order valence-corrected chi connectivity index (χ1v) is 20.0. The van der Waals surface area contributed by atoms with Gasteiger partial charge >= 0.3 is 0 Å². The van der Waals surface area contributed by atoms with Crippen molar-refractivity contribution in [2.45, 2.75) is 92.7 Å². The van der Waals surface area contributed by atoms with E-state index in [1.54, 1.807) is 0 Å². The summed E-state index contributed by atoms with van der Waals surface area (Å²) < 4.78 is 0. The summed E-state index contributed by atoms with van der Waals surface area (Å²) in [6.45, 7) is 25.8. The normalized spacial score (nSPS) is 19.7. The maximum Gasteiger partial charge on any atom is 0.0942 e. The third-order valence-corrected chi connectivity index (χ3v) is 43.9. The van der Waals surface area contributed by atoms with Crippen LogP contribution in [-0.4, -0.2) is 22.3 Å². The summed E-state index contributed by atoms with van der Waals surface area (Å²) in [6, 6.07) is 0. The predicted octanol–water partition coefficient (Wildman–Crippen LogP) is 6.59. The second-order valence-corrected chi connectivity index (χ2v) is 35.3. The molecule has 0 aromatic carbocycles. The van der Waals surface area contributed by atoms with E-state index >= 15 is 0 Å². The molecule has 0 nitrogen and oxygen atoms in total. The highest BCUT2D eigenvalue weighted by Gasteiger charge is 2.61. The molecule has 0 amide bonds. The van der Waals surface area contributed by atoms with E-state index < -0.39 is 22.3 Å². The molecule has 122 valence electrons. The van der Waals surface area contributed by atoms with Crippen LogP contribution in [0.4, 0.5) is 0 Å². The lowest BCUT2D eigenvalue weighted by molar-refractivity contribution is 0.985.